The van der Waals surface area contributed by atoms with Crippen LogP contribution in [0.15, 0.2) is 23.3 Å². The number of nitrogens with one attached hydrogen (secondary N) is 2. The normalized spacial score (nSPS) is 19.0. The van der Waals surface area contributed by atoms with E-state index in [-0.39, 0.29) is 6.10 Å². The van der Waals surface area contributed by atoms with Gasteiger partial charge in [0.05, 0.1) is 12.7 Å². The molecule has 1 aliphatic rings. The van der Waals surface area contributed by atoms with E-state index in [1.54, 1.807) is 0 Å². The van der Waals surface area contributed by atoms with Crippen LogP contribution in [-0.2, 0) is 11.3 Å². The topological polar surface area (TPSA) is 61.8 Å². The third-order valence-electron chi connectivity index (χ3n) is 4.93. The number of aliphatic imine (C=N–C) groups is 1. The minimum absolute atomic E-state index is 0.264. The van der Waals surface area contributed by atoms with Crippen LogP contribution in [0.5, 0.6) is 0 Å². The van der Waals surface area contributed by atoms with Gasteiger partial charge in [-0.1, -0.05) is 38.7 Å². The van der Waals surface area contributed by atoms with Gasteiger partial charge in [0, 0.05) is 38.9 Å². The summed E-state index contributed by atoms with van der Waals surface area (Å²) in [5.41, 5.74) is 1.15. The predicted molar refractivity (Wildman–Crippen MR) is 113 cm³/mol. The summed E-state index contributed by atoms with van der Waals surface area (Å²) in [5, 5.41) is 6.87. The summed E-state index contributed by atoms with van der Waals surface area (Å²) in [6.45, 7) is 9.86. The standard InChI is InChI=1S/C21H37N5O/c1-5-6-7-8-9-17(2)25-21(22-4)24-15-19-10-11-20(23-14-19)26-12-13-27-18(3)16-26/h10-11,14,17-18H,5-9,12-13,15-16H2,1-4H3,(H2,22,24,25). The summed E-state index contributed by atoms with van der Waals surface area (Å²) in [5.74, 6) is 1.88. The number of hydrogen-bond acceptors (Lipinski definition) is 4. The molecule has 2 unspecified atom stereocenters. The first-order valence-electron chi connectivity index (χ1n) is 10.4. The molecule has 1 aliphatic heterocycles. The Labute approximate surface area is 164 Å². The molecule has 0 aromatic carbocycles. The van der Waals surface area contributed by atoms with Crippen molar-refractivity contribution in [1.29, 1.82) is 0 Å². The van der Waals surface area contributed by atoms with E-state index in [1.807, 2.05) is 13.2 Å². The Morgan fingerprint density at radius 1 is 1.37 bits per heavy atom. The number of morpholine rings is 1. The number of ether oxygens (including phenoxy) is 1. The molecule has 0 aliphatic carbocycles. The number of hydrogen-bond donors (Lipinski definition) is 2. The zero-order valence-corrected chi connectivity index (χ0v) is 17.5. The second kappa shape index (κ2) is 11.8. The fraction of sp³-hybridized carbons (Fsp3) is 0.714. The third-order valence-corrected chi connectivity index (χ3v) is 4.93. The fourth-order valence-corrected chi connectivity index (χ4v) is 3.30. The Bertz CT molecular complexity index is 560. The van der Waals surface area contributed by atoms with E-state index in [0.29, 0.717) is 6.04 Å². The smallest absolute Gasteiger partial charge is 0.191 e. The molecule has 0 bridgehead atoms. The molecule has 1 aromatic heterocycles. The van der Waals surface area contributed by atoms with Gasteiger partial charge >= 0.3 is 0 Å². The zero-order valence-electron chi connectivity index (χ0n) is 17.5. The first kappa shape index (κ1) is 21.5. The van der Waals surface area contributed by atoms with Gasteiger partial charge in [-0.15, -0.1) is 0 Å². The lowest BCUT2D eigenvalue weighted by Gasteiger charge is -2.32. The van der Waals surface area contributed by atoms with Crippen molar-refractivity contribution in [2.45, 2.75) is 71.6 Å². The largest absolute Gasteiger partial charge is 0.375 e. The lowest BCUT2D eigenvalue weighted by atomic mass is 10.1. The summed E-state index contributed by atoms with van der Waals surface area (Å²) in [4.78, 5) is 11.3. The van der Waals surface area contributed by atoms with Gasteiger partial charge in [0.1, 0.15) is 5.82 Å². The number of anilines is 1. The molecule has 1 aromatic rings. The predicted octanol–water partition coefficient (Wildman–Crippen LogP) is 3.33. The minimum atomic E-state index is 0.264. The molecule has 1 fully saturated rings. The van der Waals surface area contributed by atoms with Crippen molar-refractivity contribution < 1.29 is 4.74 Å². The molecular weight excluding hydrogens is 338 g/mol. The van der Waals surface area contributed by atoms with E-state index >= 15 is 0 Å². The first-order valence-corrected chi connectivity index (χ1v) is 10.4. The highest BCUT2D eigenvalue weighted by Gasteiger charge is 2.17. The van der Waals surface area contributed by atoms with Gasteiger partial charge in [-0.25, -0.2) is 4.98 Å². The number of unbranched alkanes of at least 4 members (excludes halogenated alkanes) is 3. The van der Waals surface area contributed by atoms with E-state index < -0.39 is 0 Å². The van der Waals surface area contributed by atoms with Gasteiger partial charge in [-0.2, -0.15) is 0 Å². The number of aromatic nitrogens is 1. The maximum absolute atomic E-state index is 5.60. The summed E-state index contributed by atoms with van der Waals surface area (Å²) in [6, 6.07) is 4.66. The molecular formula is C21H37N5O. The number of rotatable bonds is 9. The first-order chi connectivity index (χ1) is 13.1. The van der Waals surface area contributed by atoms with Gasteiger partial charge in [-0.3, -0.25) is 4.99 Å². The van der Waals surface area contributed by atoms with Crippen molar-refractivity contribution in [1.82, 2.24) is 15.6 Å². The Balaban J connectivity index is 1.75. The minimum Gasteiger partial charge on any atom is -0.375 e. The summed E-state index contributed by atoms with van der Waals surface area (Å²) in [7, 11) is 1.82. The molecule has 1 saturated heterocycles. The van der Waals surface area contributed by atoms with Crippen molar-refractivity contribution in [2.75, 3.05) is 31.6 Å². The highest BCUT2D eigenvalue weighted by molar-refractivity contribution is 5.79. The second-order valence-electron chi connectivity index (χ2n) is 7.47. The van der Waals surface area contributed by atoms with Crippen LogP contribution < -0.4 is 15.5 Å². The van der Waals surface area contributed by atoms with E-state index in [1.165, 1.54) is 32.1 Å². The molecule has 6 heteroatoms. The van der Waals surface area contributed by atoms with Gasteiger partial charge in [0.2, 0.25) is 0 Å². The van der Waals surface area contributed by atoms with Gasteiger partial charge in [0.25, 0.3) is 0 Å². The molecule has 2 N–H and O–H groups in total. The number of nitrogens with zero attached hydrogens (tertiary/aromatic N) is 3. The van der Waals surface area contributed by atoms with Crippen LogP contribution in [0.2, 0.25) is 0 Å². The average molecular weight is 376 g/mol. The van der Waals surface area contributed by atoms with Crippen LogP contribution in [0.25, 0.3) is 0 Å². The quantitative estimate of drug-likeness (QED) is 0.394. The van der Waals surface area contributed by atoms with Crippen LogP contribution >= 0.6 is 0 Å². The number of pyridine rings is 1. The van der Waals surface area contributed by atoms with Crippen molar-refractivity contribution in [3.8, 4) is 0 Å². The van der Waals surface area contributed by atoms with Crippen LogP contribution in [0.4, 0.5) is 5.82 Å². The van der Waals surface area contributed by atoms with Crippen LogP contribution in [0, 0.1) is 0 Å². The lowest BCUT2D eigenvalue weighted by Crippen LogP contribution is -2.42. The molecule has 2 rings (SSSR count). The van der Waals surface area contributed by atoms with Gasteiger partial charge < -0.3 is 20.3 Å². The van der Waals surface area contributed by atoms with E-state index in [2.05, 4.69) is 58.4 Å². The molecule has 152 valence electrons. The molecule has 0 radical (unpaired) electrons. The van der Waals surface area contributed by atoms with Crippen molar-refractivity contribution >= 4 is 11.8 Å². The molecule has 2 atom stereocenters. The summed E-state index contributed by atoms with van der Waals surface area (Å²) in [6.07, 6.45) is 8.58. The van der Waals surface area contributed by atoms with Crippen molar-refractivity contribution in [3.05, 3.63) is 23.9 Å². The van der Waals surface area contributed by atoms with Gasteiger partial charge in [0.15, 0.2) is 5.96 Å². The fourth-order valence-electron chi connectivity index (χ4n) is 3.30. The molecule has 6 nitrogen and oxygen atoms in total. The van der Waals surface area contributed by atoms with E-state index in [4.69, 9.17) is 4.74 Å². The molecule has 0 spiro atoms. The maximum Gasteiger partial charge on any atom is 0.191 e. The van der Waals surface area contributed by atoms with Crippen molar-refractivity contribution in [3.63, 3.8) is 0 Å². The number of guanidine groups is 1. The van der Waals surface area contributed by atoms with Gasteiger partial charge in [-0.05, 0) is 31.9 Å². The average Bonchev–Trinajstić information content (AvgIpc) is 2.69. The summed E-state index contributed by atoms with van der Waals surface area (Å²) < 4.78 is 5.60. The van der Waals surface area contributed by atoms with E-state index in [9.17, 15) is 0 Å². The molecule has 2 heterocycles. The molecule has 0 amide bonds. The Morgan fingerprint density at radius 2 is 2.22 bits per heavy atom. The highest BCUT2D eigenvalue weighted by Crippen LogP contribution is 2.15. The van der Waals surface area contributed by atoms with Crippen molar-refractivity contribution in [2.24, 2.45) is 4.99 Å². The lowest BCUT2D eigenvalue weighted by molar-refractivity contribution is 0.0529. The zero-order chi connectivity index (χ0) is 19.5. The monoisotopic (exact) mass is 375 g/mol. The Morgan fingerprint density at radius 3 is 2.89 bits per heavy atom. The third kappa shape index (κ3) is 7.75. The maximum atomic E-state index is 5.60. The Kier molecular flexibility index (Phi) is 9.39. The highest BCUT2D eigenvalue weighted by atomic mass is 16.5. The SMILES string of the molecule is CCCCCCC(C)NC(=NC)NCc1ccc(N2CCOC(C)C2)nc1. The molecule has 27 heavy (non-hydrogen) atoms. The van der Waals surface area contributed by atoms with Crippen LogP contribution in [0.3, 0.4) is 0 Å². The molecule has 0 saturated carbocycles. The second-order valence-corrected chi connectivity index (χ2v) is 7.47. The van der Waals surface area contributed by atoms with Crippen LogP contribution in [0.1, 0.15) is 58.4 Å². The Hall–Kier alpha value is -1.82. The van der Waals surface area contributed by atoms with Crippen LogP contribution in [-0.4, -0.2) is 49.8 Å². The summed E-state index contributed by atoms with van der Waals surface area (Å²) >= 11 is 0. The van der Waals surface area contributed by atoms with E-state index in [0.717, 1.165) is 43.6 Å².